The number of nitrogens with one attached hydrogen (secondary N) is 1. The zero-order valence-corrected chi connectivity index (χ0v) is 21.7. The van der Waals surface area contributed by atoms with Crippen molar-refractivity contribution >= 4 is 28.2 Å². The summed E-state index contributed by atoms with van der Waals surface area (Å²) >= 11 is 0. The number of anilines is 1. The molecule has 0 atom stereocenters. The van der Waals surface area contributed by atoms with Crippen LogP contribution in [0.1, 0.15) is 40.9 Å². The molecule has 3 aromatic carbocycles. The fourth-order valence-electron chi connectivity index (χ4n) is 5.75. The first-order valence-electron chi connectivity index (χ1n) is 13.3. The number of hydrogen-bond acceptors (Lipinski definition) is 5. The molecule has 3 heterocycles. The summed E-state index contributed by atoms with van der Waals surface area (Å²) < 4.78 is 8.29. The molecular weight excluding hydrogens is 476 g/mol. The molecule has 1 aromatic heterocycles. The average Bonchev–Trinajstić information content (AvgIpc) is 3.33. The van der Waals surface area contributed by atoms with Crippen LogP contribution < -0.4 is 10.1 Å². The van der Waals surface area contributed by atoms with Gasteiger partial charge in [-0.25, -0.2) is 4.98 Å². The van der Waals surface area contributed by atoms with Crippen LogP contribution in [0, 0.1) is 0 Å². The summed E-state index contributed by atoms with van der Waals surface area (Å²) in [5.41, 5.74) is 2.78. The number of amides is 1. The van der Waals surface area contributed by atoms with Gasteiger partial charge in [-0.15, -0.1) is 0 Å². The molecule has 0 bridgehead atoms. The Morgan fingerprint density at radius 2 is 1.89 bits per heavy atom. The highest BCUT2D eigenvalue weighted by atomic mass is 16.5. The largest absolute Gasteiger partial charge is 0.486 e. The van der Waals surface area contributed by atoms with Crippen LogP contribution in [0.3, 0.4) is 0 Å². The molecule has 0 aliphatic carbocycles. The maximum absolute atomic E-state index is 13.2. The van der Waals surface area contributed by atoms with E-state index in [2.05, 4.69) is 57.7 Å². The van der Waals surface area contributed by atoms with Crippen molar-refractivity contribution in [2.45, 2.75) is 37.7 Å². The number of piperidine rings is 1. The zero-order chi connectivity index (χ0) is 26.1. The van der Waals surface area contributed by atoms with Gasteiger partial charge in [0.25, 0.3) is 0 Å². The number of ether oxygens (including phenoxy) is 1. The number of fused-ring (bicyclic) bond motifs is 2. The molecule has 7 nitrogen and oxygen atoms in total. The van der Waals surface area contributed by atoms with Crippen LogP contribution >= 0.6 is 0 Å². The van der Waals surface area contributed by atoms with Crippen LogP contribution in [-0.2, 0) is 24.7 Å². The Morgan fingerprint density at radius 1 is 1.08 bits per heavy atom. The molecule has 0 saturated carbocycles. The number of imidazole rings is 1. The molecule has 38 heavy (non-hydrogen) atoms. The number of carbonyl (C=O) groups is 2. The van der Waals surface area contributed by atoms with Crippen molar-refractivity contribution in [2.75, 3.05) is 25.0 Å². The lowest BCUT2D eigenvalue weighted by atomic mass is 9.82. The number of carbonyl (C=O) groups excluding carboxylic acids is 2. The number of ketones is 1. The molecule has 194 valence electrons. The minimum atomic E-state index is -0.441. The summed E-state index contributed by atoms with van der Waals surface area (Å²) in [7, 11) is 1.87. The quantitative estimate of drug-likeness (QED) is 0.405. The van der Waals surface area contributed by atoms with Gasteiger partial charge in [-0.2, -0.15) is 0 Å². The normalized spacial score (nSPS) is 16.8. The van der Waals surface area contributed by atoms with Crippen LogP contribution in [0.4, 0.5) is 5.69 Å². The summed E-state index contributed by atoms with van der Waals surface area (Å²) in [5, 5.41) is 5.49. The third-order valence-electron chi connectivity index (χ3n) is 7.82. The standard InChI is InChI=1S/C31H32N4O3/c1-34-20-25(32-21-34)18-30(37)33-24-9-10-29-27(17-24)28(36)19-31(38-29)12-15-35(16-13-31)14-11-23-7-4-6-22-5-2-3-8-26(22)23/h2-10,17,20-21H,11-16,18-19H2,1H3,(H,33,37). The van der Waals surface area contributed by atoms with Crippen molar-refractivity contribution in [2.24, 2.45) is 7.05 Å². The number of likely N-dealkylation sites (tertiary alicyclic amines) is 1. The Morgan fingerprint density at radius 3 is 2.71 bits per heavy atom. The number of rotatable bonds is 6. The third kappa shape index (κ3) is 5.07. The van der Waals surface area contributed by atoms with Crippen LogP contribution in [0.2, 0.25) is 0 Å². The zero-order valence-electron chi connectivity index (χ0n) is 21.7. The number of Topliss-reactive ketones (excluding diaryl/α,β-unsaturated/α-hetero) is 1. The molecule has 0 radical (unpaired) electrons. The number of benzene rings is 3. The lowest BCUT2D eigenvalue weighted by Crippen LogP contribution is -2.51. The summed E-state index contributed by atoms with van der Waals surface area (Å²) in [6.07, 6.45) is 6.71. The maximum Gasteiger partial charge on any atom is 0.230 e. The summed E-state index contributed by atoms with van der Waals surface area (Å²) in [4.78, 5) is 32.3. The van der Waals surface area contributed by atoms with E-state index in [4.69, 9.17) is 4.74 Å². The highest BCUT2D eigenvalue weighted by Crippen LogP contribution is 2.40. The lowest BCUT2D eigenvalue weighted by Gasteiger charge is -2.44. The summed E-state index contributed by atoms with van der Waals surface area (Å²) in [6.45, 7) is 2.82. The van der Waals surface area contributed by atoms with E-state index >= 15 is 0 Å². The highest BCUT2D eigenvalue weighted by Gasteiger charge is 2.42. The molecule has 1 fully saturated rings. The van der Waals surface area contributed by atoms with E-state index in [1.54, 1.807) is 18.5 Å². The number of nitrogens with zero attached hydrogens (tertiary/aromatic N) is 3. The predicted molar refractivity (Wildman–Crippen MR) is 148 cm³/mol. The van der Waals surface area contributed by atoms with Crippen molar-refractivity contribution in [3.63, 3.8) is 0 Å². The fourth-order valence-corrected chi connectivity index (χ4v) is 5.75. The molecule has 2 aliphatic rings. The summed E-state index contributed by atoms with van der Waals surface area (Å²) in [6, 6.07) is 20.4. The minimum absolute atomic E-state index is 0.0799. The van der Waals surface area contributed by atoms with Gasteiger partial charge in [0, 0.05) is 51.4 Å². The van der Waals surface area contributed by atoms with Gasteiger partial charge in [0.05, 0.1) is 30.4 Å². The smallest absolute Gasteiger partial charge is 0.230 e. The van der Waals surface area contributed by atoms with Crippen LogP contribution in [0.15, 0.2) is 73.2 Å². The van der Waals surface area contributed by atoms with Crippen LogP contribution in [0.25, 0.3) is 10.8 Å². The van der Waals surface area contributed by atoms with E-state index < -0.39 is 5.60 Å². The van der Waals surface area contributed by atoms with E-state index in [-0.39, 0.29) is 18.1 Å². The first-order chi connectivity index (χ1) is 18.5. The van der Waals surface area contributed by atoms with Crippen molar-refractivity contribution in [1.29, 1.82) is 0 Å². The van der Waals surface area contributed by atoms with Crippen LogP contribution in [0.5, 0.6) is 5.75 Å². The van der Waals surface area contributed by atoms with E-state index in [0.717, 1.165) is 38.9 Å². The Labute approximate surface area is 222 Å². The molecule has 2 aliphatic heterocycles. The first-order valence-corrected chi connectivity index (χ1v) is 13.3. The SMILES string of the molecule is Cn1cnc(CC(=O)Nc2ccc3c(c2)C(=O)CC2(CCN(CCc4cccc5ccccc45)CC2)O3)c1. The van der Waals surface area contributed by atoms with E-state index in [0.29, 0.717) is 29.1 Å². The molecule has 6 rings (SSSR count). The molecule has 1 amide bonds. The Kier molecular flexibility index (Phi) is 6.45. The van der Waals surface area contributed by atoms with E-state index in [9.17, 15) is 9.59 Å². The van der Waals surface area contributed by atoms with Crippen molar-refractivity contribution in [1.82, 2.24) is 14.5 Å². The highest BCUT2D eigenvalue weighted by molar-refractivity contribution is 6.02. The van der Waals surface area contributed by atoms with Gasteiger partial charge in [0.1, 0.15) is 11.4 Å². The van der Waals surface area contributed by atoms with Gasteiger partial charge in [0.15, 0.2) is 5.78 Å². The predicted octanol–water partition coefficient (Wildman–Crippen LogP) is 4.80. The van der Waals surface area contributed by atoms with Crippen molar-refractivity contribution in [3.8, 4) is 5.75 Å². The number of hydrogen-bond donors (Lipinski definition) is 1. The molecule has 0 unspecified atom stereocenters. The van der Waals surface area contributed by atoms with Gasteiger partial charge in [-0.1, -0.05) is 42.5 Å². The second kappa shape index (κ2) is 10.1. The minimum Gasteiger partial charge on any atom is -0.486 e. The monoisotopic (exact) mass is 508 g/mol. The second-order valence-corrected chi connectivity index (χ2v) is 10.6. The molecular formula is C31H32N4O3. The third-order valence-corrected chi connectivity index (χ3v) is 7.82. The Balaban J connectivity index is 1.06. The molecule has 1 spiro atoms. The average molecular weight is 509 g/mol. The summed E-state index contributed by atoms with van der Waals surface area (Å²) in [5.74, 6) is 0.532. The van der Waals surface area contributed by atoms with Crippen LogP contribution in [-0.4, -0.2) is 51.4 Å². The topological polar surface area (TPSA) is 76.5 Å². The second-order valence-electron chi connectivity index (χ2n) is 10.6. The lowest BCUT2D eigenvalue weighted by molar-refractivity contribution is -0.115. The van der Waals surface area contributed by atoms with Gasteiger partial charge < -0.3 is 19.5 Å². The Bertz CT molecular complexity index is 1490. The fraction of sp³-hybridized carbons (Fsp3) is 0.323. The first kappa shape index (κ1) is 24.4. The van der Waals surface area contributed by atoms with Crippen molar-refractivity contribution < 1.29 is 14.3 Å². The van der Waals surface area contributed by atoms with Crippen molar-refractivity contribution in [3.05, 3.63) is 90.0 Å². The Hall–Kier alpha value is -3.97. The van der Waals surface area contributed by atoms with Gasteiger partial charge in [-0.05, 0) is 41.0 Å². The molecule has 1 saturated heterocycles. The number of aryl methyl sites for hydroxylation is 1. The van der Waals surface area contributed by atoms with E-state index in [1.807, 2.05) is 23.9 Å². The van der Waals surface area contributed by atoms with Gasteiger partial charge in [0.2, 0.25) is 5.91 Å². The molecule has 7 heteroatoms. The number of aromatic nitrogens is 2. The van der Waals surface area contributed by atoms with Gasteiger partial charge in [-0.3, -0.25) is 9.59 Å². The maximum atomic E-state index is 13.2. The van der Waals surface area contributed by atoms with Gasteiger partial charge >= 0.3 is 0 Å². The van der Waals surface area contributed by atoms with E-state index in [1.165, 1.54) is 16.3 Å². The molecule has 1 N–H and O–H groups in total. The molecule has 4 aromatic rings.